The van der Waals surface area contributed by atoms with Crippen LogP contribution in [0.2, 0.25) is 0 Å². The molecule has 7 heteroatoms. The topological polar surface area (TPSA) is 50.4 Å². The number of hydrogen-bond acceptors (Lipinski definition) is 1. The fraction of sp³-hybridized carbons (Fsp3) is 0.917. The average molecular weight is 395 g/mol. The van der Waals surface area contributed by atoms with E-state index in [0.29, 0.717) is 5.92 Å². The standard InChI is InChI=1S/C12H24F3N3.HI/c1-9(2)5-4-6-10(3)18-11(16)17-8-7-12(13,14)15;/h9-10H,4-8H2,1-3H3,(H3,16,17,18);1H. The molecule has 0 rings (SSSR count). The molecular weight excluding hydrogens is 370 g/mol. The number of nitrogens with zero attached hydrogens (tertiary/aromatic N) is 1. The lowest BCUT2D eigenvalue weighted by Gasteiger charge is -2.15. The van der Waals surface area contributed by atoms with Gasteiger partial charge in [0.1, 0.15) is 0 Å². The second-order valence-corrected chi connectivity index (χ2v) is 5.00. The van der Waals surface area contributed by atoms with Crippen molar-refractivity contribution in [1.29, 1.82) is 0 Å². The normalized spacial score (nSPS) is 14.2. The van der Waals surface area contributed by atoms with Crippen LogP contribution in [0.3, 0.4) is 0 Å². The molecule has 1 unspecified atom stereocenters. The van der Waals surface area contributed by atoms with E-state index in [-0.39, 0.29) is 42.5 Å². The van der Waals surface area contributed by atoms with Gasteiger partial charge in [0, 0.05) is 6.04 Å². The summed E-state index contributed by atoms with van der Waals surface area (Å²) in [6.07, 6.45) is -1.96. The first-order chi connectivity index (χ1) is 8.20. The van der Waals surface area contributed by atoms with Crippen LogP contribution in [0.15, 0.2) is 4.99 Å². The third kappa shape index (κ3) is 15.7. The fourth-order valence-electron chi connectivity index (χ4n) is 1.51. The predicted molar refractivity (Wildman–Crippen MR) is 83.9 cm³/mol. The van der Waals surface area contributed by atoms with Gasteiger partial charge in [-0.3, -0.25) is 4.99 Å². The Balaban J connectivity index is 0. The molecular formula is C12H25F3IN3. The molecule has 0 fully saturated rings. The van der Waals surface area contributed by atoms with Crippen molar-refractivity contribution in [1.82, 2.24) is 5.32 Å². The maximum Gasteiger partial charge on any atom is 0.390 e. The summed E-state index contributed by atoms with van der Waals surface area (Å²) in [6, 6.07) is 0.137. The third-order valence-corrected chi connectivity index (χ3v) is 2.49. The van der Waals surface area contributed by atoms with Crippen molar-refractivity contribution in [2.45, 2.75) is 58.7 Å². The number of rotatable bonds is 7. The Kier molecular flexibility index (Phi) is 11.7. The zero-order valence-electron chi connectivity index (χ0n) is 11.8. The number of guanidine groups is 1. The van der Waals surface area contributed by atoms with E-state index in [1.165, 1.54) is 0 Å². The molecule has 0 radical (unpaired) electrons. The van der Waals surface area contributed by atoms with Gasteiger partial charge >= 0.3 is 6.18 Å². The fourth-order valence-corrected chi connectivity index (χ4v) is 1.51. The number of nitrogens with two attached hydrogens (primary N) is 1. The van der Waals surface area contributed by atoms with Crippen molar-refractivity contribution in [3.05, 3.63) is 0 Å². The highest BCUT2D eigenvalue weighted by atomic mass is 127. The van der Waals surface area contributed by atoms with Crippen LogP contribution in [-0.4, -0.2) is 24.7 Å². The number of alkyl halides is 3. The van der Waals surface area contributed by atoms with Crippen LogP contribution in [0.5, 0.6) is 0 Å². The van der Waals surface area contributed by atoms with Gasteiger partial charge in [0.25, 0.3) is 0 Å². The smallest absolute Gasteiger partial charge is 0.370 e. The summed E-state index contributed by atoms with van der Waals surface area (Å²) in [5.41, 5.74) is 5.51. The molecule has 0 aromatic heterocycles. The number of nitrogens with one attached hydrogen (secondary N) is 1. The van der Waals surface area contributed by atoms with Crippen molar-refractivity contribution in [2.24, 2.45) is 16.6 Å². The van der Waals surface area contributed by atoms with E-state index in [1.54, 1.807) is 0 Å². The third-order valence-electron chi connectivity index (χ3n) is 2.49. The lowest BCUT2D eigenvalue weighted by atomic mass is 10.0. The highest BCUT2D eigenvalue weighted by Gasteiger charge is 2.26. The molecule has 0 heterocycles. The largest absolute Gasteiger partial charge is 0.390 e. The summed E-state index contributed by atoms with van der Waals surface area (Å²) in [7, 11) is 0. The van der Waals surface area contributed by atoms with E-state index in [1.807, 2.05) is 6.92 Å². The molecule has 0 amide bonds. The van der Waals surface area contributed by atoms with Gasteiger partial charge in [0.05, 0.1) is 13.0 Å². The Labute approximate surface area is 130 Å². The molecule has 0 aliphatic rings. The van der Waals surface area contributed by atoms with Gasteiger partial charge in [0.2, 0.25) is 0 Å². The van der Waals surface area contributed by atoms with E-state index in [4.69, 9.17) is 5.73 Å². The molecule has 3 N–H and O–H groups in total. The molecule has 3 nitrogen and oxygen atoms in total. The molecule has 0 aromatic carbocycles. The minimum Gasteiger partial charge on any atom is -0.370 e. The summed E-state index contributed by atoms with van der Waals surface area (Å²) in [6.45, 7) is 5.95. The lowest BCUT2D eigenvalue weighted by molar-refractivity contribution is -0.132. The maximum atomic E-state index is 11.9. The first kappa shape index (κ1) is 21.1. The summed E-state index contributed by atoms with van der Waals surface area (Å²) in [5, 5.41) is 2.90. The molecule has 0 aliphatic carbocycles. The highest BCUT2D eigenvalue weighted by Crippen LogP contribution is 2.18. The van der Waals surface area contributed by atoms with Crippen molar-refractivity contribution in [3.63, 3.8) is 0 Å². The first-order valence-corrected chi connectivity index (χ1v) is 6.34. The molecule has 0 spiro atoms. The van der Waals surface area contributed by atoms with Gasteiger partial charge in [-0.1, -0.05) is 26.7 Å². The van der Waals surface area contributed by atoms with Gasteiger partial charge in [-0.05, 0) is 19.3 Å². The van der Waals surface area contributed by atoms with E-state index >= 15 is 0 Å². The van der Waals surface area contributed by atoms with E-state index in [9.17, 15) is 13.2 Å². The van der Waals surface area contributed by atoms with Gasteiger partial charge in [-0.25, -0.2) is 0 Å². The quantitative estimate of drug-likeness (QED) is 0.393. The van der Waals surface area contributed by atoms with Crippen LogP contribution < -0.4 is 11.1 Å². The van der Waals surface area contributed by atoms with Gasteiger partial charge in [-0.15, -0.1) is 24.0 Å². The molecule has 116 valence electrons. The summed E-state index contributed by atoms with van der Waals surface area (Å²) < 4.78 is 35.6. The van der Waals surface area contributed by atoms with Gasteiger partial charge in [0.15, 0.2) is 5.96 Å². The van der Waals surface area contributed by atoms with Gasteiger partial charge in [-0.2, -0.15) is 13.2 Å². The van der Waals surface area contributed by atoms with E-state index < -0.39 is 12.6 Å². The first-order valence-electron chi connectivity index (χ1n) is 6.34. The minimum atomic E-state index is -4.17. The Morgan fingerprint density at radius 1 is 1.21 bits per heavy atom. The lowest BCUT2D eigenvalue weighted by Crippen LogP contribution is -2.38. The maximum absolute atomic E-state index is 11.9. The predicted octanol–water partition coefficient (Wildman–Crippen LogP) is 3.68. The van der Waals surface area contributed by atoms with Gasteiger partial charge < -0.3 is 11.1 Å². The average Bonchev–Trinajstić information content (AvgIpc) is 2.14. The van der Waals surface area contributed by atoms with Crippen LogP contribution in [0.25, 0.3) is 0 Å². The second-order valence-electron chi connectivity index (χ2n) is 5.00. The minimum absolute atomic E-state index is 0. The molecule has 0 bridgehead atoms. The molecule has 0 saturated heterocycles. The Hall–Kier alpha value is -0.210. The molecule has 19 heavy (non-hydrogen) atoms. The van der Waals surface area contributed by atoms with Crippen LogP contribution in [0.4, 0.5) is 13.2 Å². The Morgan fingerprint density at radius 2 is 1.79 bits per heavy atom. The zero-order chi connectivity index (χ0) is 14.2. The number of halogens is 4. The Morgan fingerprint density at radius 3 is 2.26 bits per heavy atom. The molecule has 0 aromatic rings. The van der Waals surface area contributed by atoms with Crippen molar-refractivity contribution in [2.75, 3.05) is 6.54 Å². The highest BCUT2D eigenvalue weighted by molar-refractivity contribution is 14.0. The Bertz CT molecular complexity index is 255. The van der Waals surface area contributed by atoms with E-state index in [0.717, 1.165) is 19.3 Å². The SMILES string of the molecule is CC(C)CCCC(C)NC(N)=NCCC(F)(F)F.I. The molecule has 0 saturated carbocycles. The van der Waals surface area contributed by atoms with Crippen molar-refractivity contribution in [3.8, 4) is 0 Å². The summed E-state index contributed by atoms with van der Waals surface area (Å²) in [4.78, 5) is 3.66. The monoisotopic (exact) mass is 395 g/mol. The van der Waals surface area contributed by atoms with Crippen LogP contribution >= 0.6 is 24.0 Å². The van der Waals surface area contributed by atoms with Crippen LogP contribution in [0.1, 0.15) is 46.5 Å². The van der Waals surface area contributed by atoms with Crippen LogP contribution in [-0.2, 0) is 0 Å². The van der Waals surface area contributed by atoms with E-state index in [2.05, 4.69) is 24.2 Å². The second kappa shape index (κ2) is 10.6. The molecule has 0 aliphatic heterocycles. The molecule has 1 atom stereocenters. The van der Waals surface area contributed by atoms with Crippen molar-refractivity contribution >= 4 is 29.9 Å². The van der Waals surface area contributed by atoms with Crippen LogP contribution in [0, 0.1) is 5.92 Å². The number of hydrogen-bond donors (Lipinski definition) is 2. The summed E-state index contributed by atoms with van der Waals surface area (Å²) in [5.74, 6) is 0.756. The van der Waals surface area contributed by atoms with Crippen molar-refractivity contribution < 1.29 is 13.2 Å². The zero-order valence-corrected chi connectivity index (χ0v) is 14.1. The summed E-state index contributed by atoms with van der Waals surface area (Å²) >= 11 is 0. The number of aliphatic imine (C=N–C) groups is 1.